The van der Waals surface area contributed by atoms with E-state index in [4.69, 9.17) is 0 Å². The average molecular weight is 348 g/mol. The number of nitrogens with one attached hydrogen (secondary N) is 2. The minimum absolute atomic E-state index is 0.0700. The van der Waals surface area contributed by atoms with Crippen LogP contribution in [0.5, 0.6) is 0 Å². The van der Waals surface area contributed by atoms with E-state index in [1.807, 2.05) is 0 Å². The summed E-state index contributed by atoms with van der Waals surface area (Å²) in [5.41, 5.74) is 5.53. The summed E-state index contributed by atoms with van der Waals surface area (Å²) < 4.78 is 0. The summed E-state index contributed by atoms with van der Waals surface area (Å²) >= 11 is 0. The van der Waals surface area contributed by atoms with Gasteiger partial charge in [0.25, 0.3) is 5.91 Å². The zero-order valence-electron chi connectivity index (χ0n) is 15.2. The highest BCUT2D eigenvalue weighted by molar-refractivity contribution is 5.96. The Bertz CT molecular complexity index is 979. The van der Waals surface area contributed by atoms with Crippen LogP contribution in [0.1, 0.15) is 66.0 Å². The SMILES string of the molecule is CC(C)[C@@H]1c2[nH]c3ccccc3c2CCN1C(=O)c1cn[nH]c1C1CC1. The number of nitrogens with zero attached hydrogens (tertiary/aromatic N) is 2. The van der Waals surface area contributed by atoms with Crippen molar-refractivity contribution in [3.8, 4) is 0 Å². The van der Waals surface area contributed by atoms with Gasteiger partial charge in [-0.1, -0.05) is 32.0 Å². The molecule has 0 unspecified atom stereocenters. The smallest absolute Gasteiger partial charge is 0.257 e. The minimum atomic E-state index is 0.0700. The van der Waals surface area contributed by atoms with Crippen LogP contribution in [0.4, 0.5) is 0 Å². The number of amides is 1. The van der Waals surface area contributed by atoms with E-state index in [2.05, 4.69) is 58.2 Å². The second-order valence-electron chi connectivity index (χ2n) is 7.97. The summed E-state index contributed by atoms with van der Waals surface area (Å²) in [6.07, 6.45) is 4.92. The third-order valence-electron chi connectivity index (χ3n) is 5.86. The molecule has 2 aliphatic rings. The highest BCUT2D eigenvalue weighted by Crippen LogP contribution is 2.43. The maximum Gasteiger partial charge on any atom is 0.257 e. The largest absolute Gasteiger partial charge is 0.356 e. The van der Waals surface area contributed by atoms with Crippen LogP contribution in [0.2, 0.25) is 0 Å². The van der Waals surface area contributed by atoms with Crippen molar-refractivity contribution in [1.82, 2.24) is 20.1 Å². The van der Waals surface area contributed by atoms with Gasteiger partial charge < -0.3 is 9.88 Å². The third kappa shape index (κ3) is 2.30. The Morgan fingerprint density at radius 2 is 2.04 bits per heavy atom. The monoisotopic (exact) mass is 348 g/mol. The number of fused-ring (bicyclic) bond motifs is 3. The van der Waals surface area contributed by atoms with Crippen LogP contribution in [-0.4, -0.2) is 32.5 Å². The van der Waals surface area contributed by atoms with Gasteiger partial charge in [-0.15, -0.1) is 0 Å². The molecule has 1 amide bonds. The lowest BCUT2D eigenvalue weighted by Crippen LogP contribution is -2.42. The standard InChI is InChI=1S/C21H24N4O/c1-12(2)20-19-15(14-5-3-4-6-17(14)23-19)9-10-25(20)21(26)16-11-22-24-18(16)13-7-8-13/h3-6,11-13,20,23H,7-10H2,1-2H3,(H,22,24)/t20-/m1/s1. The lowest BCUT2D eigenvalue weighted by Gasteiger charge is -2.38. The van der Waals surface area contributed by atoms with Crippen LogP contribution < -0.4 is 0 Å². The van der Waals surface area contributed by atoms with Gasteiger partial charge in [0.15, 0.2) is 0 Å². The number of carbonyl (C=O) groups is 1. The zero-order chi connectivity index (χ0) is 17.8. The molecule has 0 radical (unpaired) electrons. The number of benzene rings is 1. The van der Waals surface area contributed by atoms with Crippen molar-refractivity contribution < 1.29 is 4.79 Å². The average Bonchev–Trinajstić information content (AvgIpc) is 3.25. The second-order valence-corrected chi connectivity index (χ2v) is 7.97. The van der Waals surface area contributed by atoms with E-state index in [0.717, 1.165) is 37.1 Å². The molecular formula is C21H24N4O. The first-order valence-corrected chi connectivity index (χ1v) is 9.59. The van der Waals surface area contributed by atoms with Crippen LogP contribution in [0.15, 0.2) is 30.5 Å². The van der Waals surface area contributed by atoms with Crippen LogP contribution in [0.3, 0.4) is 0 Å². The molecule has 1 aliphatic carbocycles. The van der Waals surface area contributed by atoms with Gasteiger partial charge in [0.05, 0.1) is 23.5 Å². The molecule has 1 saturated carbocycles. The Kier molecular flexibility index (Phi) is 3.45. The number of para-hydroxylation sites is 1. The van der Waals surface area contributed by atoms with Gasteiger partial charge in [-0.05, 0) is 36.8 Å². The fourth-order valence-corrected chi connectivity index (χ4v) is 4.50. The van der Waals surface area contributed by atoms with Gasteiger partial charge >= 0.3 is 0 Å². The van der Waals surface area contributed by atoms with E-state index >= 15 is 0 Å². The molecule has 134 valence electrons. The molecule has 5 rings (SSSR count). The Balaban J connectivity index is 1.57. The van der Waals surface area contributed by atoms with Gasteiger partial charge in [-0.2, -0.15) is 5.10 Å². The van der Waals surface area contributed by atoms with Gasteiger partial charge in [0.2, 0.25) is 0 Å². The van der Waals surface area contributed by atoms with E-state index in [9.17, 15) is 4.79 Å². The number of hydrogen-bond donors (Lipinski definition) is 2. The number of carbonyl (C=O) groups excluding carboxylic acids is 1. The first-order valence-electron chi connectivity index (χ1n) is 9.59. The van der Waals surface area contributed by atoms with Crippen molar-refractivity contribution in [2.24, 2.45) is 5.92 Å². The lowest BCUT2D eigenvalue weighted by atomic mass is 9.89. The molecule has 0 spiro atoms. The first kappa shape index (κ1) is 15.7. The predicted molar refractivity (Wildman–Crippen MR) is 101 cm³/mol. The molecule has 2 aromatic heterocycles. The Morgan fingerprint density at radius 3 is 2.81 bits per heavy atom. The summed E-state index contributed by atoms with van der Waals surface area (Å²) in [5, 5.41) is 8.53. The molecule has 26 heavy (non-hydrogen) atoms. The maximum atomic E-state index is 13.4. The van der Waals surface area contributed by atoms with E-state index in [1.54, 1.807) is 6.20 Å². The predicted octanol–water partition coefficient (Wildman–Crippen LogP) is 4.16. The van der Waals surface area contributed by atoms with Crippen molar-refractivity contribution in [3.05, 3.63) is 53.0 Å². The van der Waals surface area contributed by atoms with Crippen LogP contribution >= 0.6 is 0 Å². The molecule has 5 nitrogen and oxygen atoms in total. The fourth-order valence-electron chi connectivity index (χ4n) is 4.50. The van der Waals surface area contributed by atoms with Gasteiger partial charge in [0, 0.05) is 29.1 Å². The molecule has 1 atom stereocenters. The van der Waals surface area contributed by atoms with Crippen molar-refractivity contribution in [2.75, 3.05) is 6.54 Å². The molecule has 0 saturated heterocycles. The summed E-state index contributed by atoms with van der Waals surface area (Å²) in [5.74, 6) is 0.938. The number of rotatable bonds is 3. The Morgan fingerprint density at radius 1 is 1.23 bits per heavy atom. The van der Waals surface area contributed by atoms with E-state index in [-0.39, 0.29) is 11.9 Å². The first-order chi connectivity index (χ1) is 12.6. The molecule has 1 fully saturated rings. The third-order valence-corrected chi connectivity index (χ3v) is 5.86. The molecule has 2 N–H and O–H groups in total. The van der Waals surface area contributed by atoms with Crippen LogP contribution in [0.25, 0.3) is 10.9 Å². The molecule has 1 aromatic carbocycles. The van der Waals surface area contributed by atoms with Gasteiger partial charge in [-0.3, -0.25) is 9.89 Å². The number of H-pyrrole nitrogens is 2. The number of aromatic nitrogens is 3. The number of hydrogen-bond acceptors (Lipinski definition) is 2. The number of aromatic amines is 2. The Labute approximate surface area is 152 Å². The minimum Gasteiger partial charge on any atom is -0.356 e. The van der Waals surface area contributed by atoms with E-state index in [1.165, 1.54) is 22.2 Å². The van der Waals surface area contributed by atoms with Crippen LogP contribution in [0, 0.1) is 5.92 Å². The highest BCUT2D eigenvalue weighted by Gasteiger charge is 2.38. The molecule has 5 heteroatoms. The lowest BCUT2D eigenvalue weighted by molar-refractivity contribution is 0.0597. The van der Waals surface area contributed by atoms with Crippen LogP contribution in [-0.2, 0) is 6.42 Å². The molecular weight excluding hydrogens is 324 g/mol. The van der Waals surface area contributed by atoms with Crippen molar-refractivity contribution in [2.45, 2.75) is 45.1 Å². The summed E-state index contributed by atoms with van der Waals surface area (Å²) in [4.78, 5) is 19.1. The molecule has 1 aliphatic heterocycles. The molecule has 3 aromatic rings. The quantitative estimate of drug-likeness (QED) is 0.746. The summed E-state index contributed by atoms with van der Waals surface area (Å²) in [6.45, 7) is 5.15. The zero-order valence-corrected chi connectivity index (χ0v) is 15.2. The van der Waals surface area contributed by atoms with Gasteiger partial charge in [0.1, 0.15) is 0 Å². The molecule has 0 bridgehead atoms. The summed E-state index contributed by atoms with van der Waals surface area (Å²) in [7, 11) is 0. The normalized spacial score (nSPS) is 20.0. The fraction of sp³-hybridized carbons (Fsp3) is 0.429. The van der Waals surface area contributed by atoms with Crippen molar-refractivity contribution in [1.29, 1.82) is 0 Å². The summed E-state index contributed by atoms with van der Waals surface area (Å²) in [6, 6.07) is 8.52. The molecule has 3 heterocycles. The van der Waals surface area contributed by atoms with Crippen molar-refractivity contribution >= 4 is 16.8 Å². The van der Waals surface area contributed by atoms with E-state index in [0.29, 0.717) is 11.8 Å². The topological polar surface area (TPSA) is 64.8 Å². The Hall–Kier alpha value is -2.56. The highest BCUT2D eigenvalue weighted by atomic mass is 16.2. The van der Waals surface area contributed by atoms with Gasteiger partial charge in [-0.25, -0.2) is 0 Å². The second kappa shape index (κ2) is 5.73. The maximum absolute atomic E-state index is 13.4. The van der Waals surface area contributed by atoms with Crippen molar-refractivity contribution in [3.63, 3.8) is 0 Å². The van der Waals surface area contributed by atoms with E-state index < -0.39 is 0 Å².